The maximum absolute atomic E-state index is 12.5. The number of hydrogen-bond donors (Lipinski definition) is 0. The first-order valence-electron chi connectivity index (χ1n) is 11.6. The van der Waals surface area contributed by atoms with Crippen molar-refractivity contribution >= 4 is 17.7 Å². The topological polar surface area (TPSA) is 63.5 Å². The molecule has 3 heterocycles. The first-order chi connectivity index (χ1) is 15.1. The van der Waals surface area contributed by atoms with Crippen molar-refractivity contribution < 1.29 is 9.53 Å². The number of nitrogens with zero attached hydrogens (tertiary/aromatic N) is 5. The molecule has 1 aromatic heterocycles. The summed E-state index contributed by atoms with van der Waals surface area (Å²) < 4.78 is 7.81. The first kappa shape index (κ1) is 21.7. The summed E-state index contributed by atoms with van der Waals surface area (Å²) in [4.78, 5) is 16.8. The molecular formula is C24H32ClN5O2. The molecule has 2 aliphatic heterocycles. The van der Waals surface area contributed by atoms with Crippen LogP contribution < -0.4 is 0 Å². The molecule has 0 spiro atoms. The molecule has 3 aliphatic rings. The van der Waals surface area contributed by atoms with Gasteiger partial charge in [0.1, 0.15) is 11.4 Å². The molecule has 0 unspecified atom stereocenters. The fraction of sp³-hybridized carbons (Fsp3) is 0.625. The minimum Gasteiger partial charge on any atom is -0.444 e. The molecule has 172 valence electrons. The van der Waals surface area contributed by atoms with E-state index in [1.807, 2.05) is 31.7 Å². The number of rotatable bonds is 2. The van der Waals surface area contributed by atoms with Crippen LogP contribution in [0.5, 0.6) is 0 Å². The molecule has 1 saturated carbocycles. The summed E-state index contributed by atoms with van der Waals surface area (Å²) in [5, 5.41) is 10.1. The lowest BCUT2D eigenvalue weighted by atomic mass is 9.96. The van der Waals surface area contributed by atoms with Crippen molar-refractivity contribution in [2.24, 2.45) is 0 Å². The zero-order chi connectivity index (χ0) is 22.7. The van der Waals surface area contributed by atoms with E-state index >= 15 is 0 Å². The van der Waals surface area contributed by atoms with Crippen LogP contribution in [0, 0.1) is 0 Å². The number of hydrogen-bond acceptors (Lipinski definition) is 5. The highest BCUT2D eigenvalue weighted by molar-refractivity contribution is 6.30. The highest BCUT2D eigenvalue weighted by Crippen LogP contribution is 2.44. The van der Waals surface area contributed by atoms with Gasteiger partial charge in [0, 0.05) is 36.1 Å². The number of piperidine rings is 1. The van der Waals surface area contributed by atoms with Crippen molar-refractivity contribution in [1.29, 1.82) is 0 Å². The summed E-state index contributed by atoms with van der Waals surface area (Å²) in [6.45, 7) is 11.0. The second kappa shape index (κ2) is 7.73. The lowest BCUT2D eigenvalue weighted by Gasteiger charge is -2.33. The molecule has 2 fully saturated rings. The SMILES string of the molecule is CC(C)(C)OC(=O)N1CCC(c2nnc3n2-c2ccc(Cl)cc2CN(C2(C)CC2)C3)CC1. The molecule has 0 atom stereocenters. The maximum atomic E-state index is 12.5. The van der Waals surface area contributed by atoms with Crippen LogP contribution in [-0.2, 0) is 17.8 Å². The Bertz CT molecular complexity index is 1030. The molecule has 0 bridgehead atoms. The van der Waals surface area contributed by atoms with E-state index in [1.54, 1.807) is 0 Å². The molecule has 1 aliphatic carbocycles. The number of carbonyl (C=O) groups excluding carboxylic acids is 1. The average Bonchev–Trinajstić information content (AvgIpc) is 3.39. The van der Waals surface area contributed by atoms with Crippen LogP contribution in [0.2, 0.25) is 5.02 Å². The molecule has 8 heteroatoms. The molecule has 7 nitrogen and oxygen atoms in total. The van der Waals surface area contributed by atoms with Gasteiger partial charge in [-0.05, 0) is 77.1 Å². The number of carbonyl (C=O) groups is 1. The maximum Gasteiger partial charge on any atom is 0.410 e. The number of halogens is 1. The van der Waals surface area contributed by atoms with Crippen molar-refractivity contribution in [3.63, 3.8) is 0 Å². The van der Waals surface area contributed by atoms with Gasteiger partial charge in [-0.3, -0.25) is 9.47 Å². The number of fused-ring (bicyclic) bond motifs is 3. The molecule has 5 rings (SSSR count). The third-order valence-corrected chi connectivity index (χ3v) is 7.21. The van der Waals surface area contributed by atoms with E-state index in [0.717, 1.165) is 48.3 Å². The zero-order valence-electron chi connectivity index (χ0n) is 19.4. The van der Waals surface area contributed by atoms with Gasteiger partial charge < -0.3 is 9.64 Å². The fourth-order valence-electron chi connectivity index (χ4n) is 4.82. The number of aromatic nitrogens is 3. The Kier molecular flexibility index (Phi) is 5.25. The van der Waals surface area contributed by atoms with Crippen LogP contribution in [0.4, 0.5) is 4.79 Å². The smallest absolute Gasteiger partial charge is 0.410 e. The molecule has 0 N–H and O–H groups in total. The van der Waals surface area contributed by atoms with Crippen molar-refractivity contribution in [3.05, 3.63) is 40.4 Å². The van der Waals surface area contributed by atoms with Crippen LogP contribution in [0.1, 0.15) is 76.5 Å². The van der Waals surface area contributed by atoms with Crippen molar-refractivity contribution in [2.75, 3.05) is 13.1 Å². The second-order valence-electron chi connectivity index (χ2n) is 10.7. The Hall–Kier alpha value is -2.12. The highest BCUT2D eigenvalue weighted by atomic mass is 35.5. The third-order valence-electron chi connectivity index (χ3n) is 6.98. The van der Waals surface area contributed by atoms with E-state index in [2.05, 4.69) is 38.7 Å². The molecule has 1 saturated heterocycles. The van der Waals surface area contributed by atoms with Crippen molar-refractivity contribution in [2.45, 2.75) is 83.5 Å². The molecule has 2 aromatic rings. The van der Waals surface area contributed by atoms with Gasteiger partial charge in [-0.15, -0.1) is 10.2 Å². The van der Waals surface area contributed by atoms with E-state index in [4.69, 9.17) is 16.3 Å². The standard InChI is InChI=1S/C24H32ClN5O2/c1-23(2,3)32-22(31)28-11-7-16(8-12-28)21-27-26-20-15-29(24(4)9-10-24)14-17-13-18(25)5-6-19(17)30(20)21/h5-6,13,16H,7-12,14-15H2,1-4H3. The molecule has 1 amide bonds. The van der Waals surface area contributed by atoms with Gasteiger partial charge in [0.2, 0.25) is 0 Å². The second-order valence-corrected chi connectivity index (χ2v) is 11.1. The van der Waals surface area contributed by atoms with Gasteiger partial charge in [-0.2, -0.15) is 0 Å². The molecule has 0 radical (unpaired) electrons. The van der Waals surface area contributed by atoms with Crippen LogP contribution in [0.3, 0.4) is 0 Å². The molecule has 32 heavy (non-hydrogen) atoms. The Morgan fingerprint density at radius 2 is 1.88 bits per heavy atom. The summed E-state index contributed by atoms with van der Waals surface area (Å²) in [5.41, 5.74) is 2.11. The molecular weight excluding hydrogens is 426 g/mol. The van der Waals surface area contributed by atoms with Gasteiger partial charge in [0.15, 0.2) is 5.82 Å². The van der Waals surface area contributed by atoms with Crippen LogP contribution in [0.15, 0.2) is 18.2 Å². The Labute approximate surface area is 194 Å². The Morgan fingerprint density at radius 3 is 2.53 bits per heavy atom. The monoisotopic (exact) mass is 457 g/mol. The third kappa shape index (κ3) is 4.13. The number of likely N-dealkylation sites (tertiary alicyclic amines) is 1. The van der Waals surface area contributed by atoms with Crippen LogP contribution in [0.25, 0.3) is 5.69 Å². The van der Waals surface area contributed by atoms with Gasteiger partial charge in [-0.25, -0.2) is 4.79 Å². The molecule has 1 aromatic carbocycles. The predicted octanol–water partition coefficient (Wildman–Crippen LogP) is 4.90. The summed E-state index contributed by atoms with van der Waals surface area (Å²) in [7, 11) is 0. The first-order valence-corrected chi connectivity index (χ1v) is 12.0. The normalized spacial score (nSPS) is 21.0. The minimum atomic E-state index is -0.479. The lowest BCUT2D eigenvalue weighted by Crippen LogP contribution is -2.41. The van der Waals surface area contributed by atoms with Gasteiger partial charge in [0.25, 0.3) is 0 Å². The highest BCUT2D eigenvalue weighted by Gasteiger charge is 2.45. The number of amides is 1. The van der Waals surface area contributed by atoms with E-state index in [-0.39, 0.29) is 17.6 Å². The van der Waals surface area contributed by atoms with E-state index in [1.165, 1.54) is 18.4 Å². The minimum absolute atomic E-state index is 0.232. The Balaban J connectivity index is 1.41. The summed E-state index contributed by atoms with van der Waals surface area (Å²) >= 11 is 6.38. The fourth-order valence-corrected chi connectivity index (χ4v) is 5.01. The predicted molar refractivity (Wildman–Crippen MR) is 123 cm³/mol. The van der Waals surface area contributed by atoms with Crippen molar-refractivity contribution in [1.82, 2.24) is 24.6 Å². The largest absolute Gasteiger partial charge is 0.444 e. The quantitative estimate of drug-likeness (QED) is 0.641. The van der Waals surface area contributed by atoms with Crippen LogP contribution in [-0.4, -0.2) is 54.9 Å². The average molecular weight is 458 g/mol. The summed E-state index contributed by atoms with van der Waals surface area (Å²) in [5.74, 6) is 2.24. The number of ether oxygens (including phenoxy) is 1. The zero-order valence-corrected chi connectivity index (χ0v) is 20.2. The van der Waals surface area contributed by atoms with Gasteiger partial charge in [-0.1, -0.05) is 11.6 Å². The van der Waals surface area contributed by atoms with Crippen LogP contribution >= 0.6 is 11.6 Å². The van der Waals surface area contributed by atoms with Gasteiger partial charge in [0.05, 0.1) is 12.2 Å². The summed E-state index contributed by atoms with van der Waals surface area (Å²) in [6, 6.07) is 6.13. The lowest BCUT2D eigenvalue weighted by molar-refractivity contribution is 0.0203. The van der Waals surface area contributed by atoms with Gasteiger partial charge >= 0.3 is 6.09 Å². The van der Waals surface area contributed by atoms with Crippen molar-refractivity contribution in [3.8, 4) is 5.69 Å². The van der Waals surface area contributed by atoms with E-state index < -0.39 is 5.60 Å². The Morgan fingerprint density at radius 1 is 1.16 bits per heavy atom. The van der Waals surface area contributed by atoms with E-state index in [9.17, 15) is 4.79 Å². The van der Waals surface area contributed by atoms with E-state index in [0.29, 0.717) is 13.1 Å². The number of benzene rings is 1. The summed E-state index contributed by atoms with van der Waals surface area (Å²) in [6.07, 6.45) is 3.90.